The first kappa shape index (κ1) is 21.9. The van der Waals surface area contributed by atoms with Crippen LogP contribution in [0, 0.1) is 13.8 Å². The lowest BCUT2D eigenvalue weighted by Crippen LogP contribution is -2.21. The Kier molecular flexibility index (Phi) is 7.32. The molecule has 2 aromatic rings. The molecule has 0 fully saturated rings. The molecule has 0 aliphatic carbocycles. The van der Waals surface area contributed by atoms with E-state index >= 15 is 0 Å². The van der Waals surface area contributed by atoms with Crippen LogP contribution in [0.2, 0.25) is 0 Å². The number of nitrogens with two attached hydrogens (primary N) is 1. The molecule has 29 heavy (non-hydrogen) atoms. The van der Waals surface area contributed by atoms with Gasteiger partial charge < -0.3 is 24.9 Å². The van der Waals surface area contributed by atoms with Gasteiger partial charge in [-0.05, 0) is 44.5 Å². The fourth-order valence-corrected chi connectivity index (χ4v) is 3.39. The molecule has 0 aliphatic rings. The number of thiophene rings is 1. The van der Waals surface area contributed by atoms with Gasteiger partial charge in [-0.15, -0.1) is 11.3 Å². The Labute approximate surface area is 170 Å². The van der Waals surface area contributed by atoms with Crippen molar-refractivity contribution in [2.24, 2.45) is 5.73 Å². The van der Waals surface area contributed by atoms with Crippen LogP contribution in [0.1, 0.15) is 44.0 Å². The summed E-state index contributed by atoms with van der Waals surface area (Å²) < 4.78 is 15.1. The molecule has 0 spiro atoms. The molecule has 154 valence electrons. The summed E-state index contributed by atoms with van der Waals surface area (Å²) in [5, 5.41) is 2.54. The summed E-state index contributed by atoms with van der Waals surface area (Å²) in [4.78, 5) is 47.7. The maximum absolute atomic E-state index is 12.2. The minimum absolute atomic E-state index is 0.0402. The van der Waals surface area contributed by atoms with Crippen LogP contribution in [-0.4, -0.2) is 37.0 Å². The highest BCUT2D eigenvalue weighted by atomic mass is 32.1. The SMILES string of the molecule is CCOC(=O)c1c(NC(=O)COC(=O)C=Cc2ccc(C)o2)sc(C(N)=O)c1C. The van der Waals surface area contributed by atoms with Gasteiger partial charge in [-0.3, -0.25) is 9.59 Å². The zero-order valence-corrected chi connectivity index (χ0v) is 16.9. The van der Waals surface area contributed by atoms with E-state index in [9.17, 15) is 19.2 Å². The minimum atomic E-state index is -0.750. The van der Waals surface area contributed by atoms with Gasteiger partial charge >= 0.3 is 11.9 Å². The van der Waals surface area contributed by atoms with Crippen molar-refractivity contribution >= 4 is 46.2 Å². The monoisotopic (exact) mass is 420 g/mol. The lowest BCUT2D eigenvalue weighted by Gasteiger charge is -2.07. The summed E-state index contributed by atoms with van der Waals surface area (Å²) in [6.45, 7) is 4.45. The maximum atomic E-state index is 12.2. The van der Waals surface area contributed by atoms with Crippen molar-refractivity contribution in [2.75, 3.05) is 18.5 Å². The first-order valence-corrected chi connectivity index (χ1v) is 9.36. The van der Waals surface area contributed by atoms with Crippen molar-refractivity contribution in [2.45, 2.75) is 20.8 Å². The van der Waals surface area contributed by atoms with Gasteiger partial charge in [0.1, 0.15) is 16.5 Å². The Bertz CT molecular complexity index is 971. The van der Waals surface area contributed by atoms with Crippen LogP contribution in [0.4, 0.5) is 5.00 Å². The molecular weight excluding hydrogens is 400 g/mol. The minimum Gasteiger partial charge on any atom is -0.462 e. The van der Waals surface area contributed by atoms with E-state index in [1.165, 1.54) is 13.0 Å². The molecule has 0 saturated carbocycles. The molecule has 2 amide bonds. The van der Waals surface area contributed by atoms with Crippen molar-refractivity contribution in [3.63, 3.8) is 0 Å². The zero-order valence-electron chi connectivity index (χ0n) is 16.1. The van der Waals surface area contributed by atoms with E-state index in [4.69, 9.17) is 19.6 Å². The molecule has 2 heterocycles. The van der Waals surface area contributed by atoms with Crippen LogP contribution >= 0.6 is 11.3 Å². The number of anilines is 1. The number of ether oxygens (including phenoxy) is 2. The van der Waals surface area contributed by atoms with Gasteiger partial charge in [0, 0.05) is 6.08 Å². The Morgan fingerprint density at radius 2 is 1.93 bits per heavy atom. The average Bonchev–Trinajstić information content (AvgIpc) is 3.21. The van der Waals surface area contributed by atoms with Gasteiger partial charge in [0.25, 0.3) is 11.8 Å². The van der Waals surface area contributed by atoms with Crippen LogP contribution in [0.25, 0.3) is 6.08 Å². The highest BCUT2D eigenvalue weighted by molar-refractivity contribution is 7.18. The van der Waals surface area contributed by atoms with Crippen LogP contribution < -0.4 is 11.1 Å². The number of carbonyl (C=O) groups excluding carboxylic acids is 4. The number of rotatable bonds is 8. The summed E-state index contributed by atoms with van der Waals surface area (Å²) in [6, 6.07) is 3.42. The van der Waals surface area contributed by atoms with E-state index in [1.54, 1.807) is 26.0 Å². The van der Waals surface area contributed by atoms with Crippen LogP contribution in [0.5, 0.6) is 0 Å². The van der Waals surface area contributed by atoms with Crippen molar-refractivity contribution < 1.29 is 33.1 Å². The molecule has 0 unspecified atom stereocenters. The predicted octanol–water partition coefficient (Wildman–Crippen LogP) is 2.43. The molecule has 2 aromatic heterocycles. The molecule has 3 N–H and O–H groups in total. The van der Waals surface area contributed by atoms with E-state index in [0.717, 1.165) is 17.4 Å². The average molecular weight is 420 g/mol. The number of primary amides is 1. The molecule has 9 nitrogen and oxygen atoms in total. The molecule has 0 aliphatic heterocycles. The fourth-order valence-electron chi connectivity index (χ4n) is 2.33. The lowest BCUT2D eigenvalue weighted by atomic mass is 10.1. The van der Waals surface area contributed by atoms with E-state index < -0.39 is 30.4 Å². The number of aryl methyl sites for hydroxylation is 1. The summed E-state index contributed by atoms with van der Waals surface area (Å²) in [7, 11) is 0. The Morgan fingerprint density at radius 1 is 1.21 bits per heavy atom. The van der Waals surface area contributed by atoms with Crippen LogP contribution in [-0.2, 0) is 19.1 Å². The summed E-state index contributed by atoms with van der Waals surface area (Å²) in [5.41, 5.74) is 5.66. The van der Waals surface area contributed by atoms with Crippen LogP contribution in [0.15, 0.2) is 22.6 Å². The molecule has 0 radical (unpaired) electrons. The number of carbonyl (C=O) groups is 4. The van der Waals surface area contributed by atoms with Gasteiger partial charge in [-0.2, -0.15) is 0 Å². The van der Waals surface area contributed by atoms with Gasteiger partial charge in [-0.1, -0.05) is 0 Å². The number of nitrogens with one attached hydrogen (secondary N) is 1. The first-order valence-electron chi connectivity index (χ1n) is 8.54. The maximum Gasteiger partial charge on any atom is 0.341 e. The largest absolute Gasteiger partial charge is 0.462 e. The number of esters is 2. The summed E-state index contributed by atoms with van der Waals surface area (Å²) in [6.07, 6.45) is 2.53. The van der Waals surface area contributed by atoms with E-state index in [2.05, 4.69) is 5.32 Å². The van der Waals surface area contributed by atoms with Crippen molar-refractivity contribution in [1.82, 2.24) is 0 Å². The third-order valence-corrected chi connectivity index (χ3v) is 4.82. The first-order chi connectivity index (χ1) is 13.7. The topological polar surface area (TPSA) is 138 Å². The summed E-state index contributed by atoms with van der Waals surface area (Å²) >= 11 is 0.847. The summed E-state index contributed by atoms with van der Waals surface area (Å²) in [5.74, 6) is -1.71. The number of hydrogen-bond acceptors (Lipinski definition) is 8. The van der Waals surface area contributed by atoms with Crippen molar-refractivity contribution in [1.29, 1.82) is 0 Å². The van der Waals surface area contributed by atoms with Gasteiger partial charge in [-0.25, -0.2) is 9.59 Å². The van der Waals surface area contributed by atoms with Crippen LogP contribution in [0.3, 0.4) is 0 Å². The molecule has 2 rings (SSSR count). The highest BCUT2D eigenvalue weighted by Crippen LogP contribution is 2.33. The second kappa shape index (κ2) is 9.69. The van der Waals surface area contributed by atoms with Gasteiger partial charge in [0.15, 0.2) is 6.61 Å². The molecule has 0 bridgehead atoms. The normalized spacial score (nSPS) is 10.7. The molecular formula is C19H20N2O7S. The van der Waals surface area contributed by atoms with E-state index in [1.807, 2.05) is 0 Å². The molecule has 0 aromatic carbocycles. The fraction of sp³-hybridized carbons (Fsp3) is 0.263. The molecule has 10 heteroatoms. The number of furan rings is 1. The Hall–Kier alpha value is -3.40. The van der Waals surface area contributed by atoms with E-state index in [-0.39, 0.29) is 22.0 Å². The van der Waals surface area contributed by atoms with Gasteiger partial charge in [0.05, 0.1) is 17.0 Å². The van der Waals surface area contributed by atoms with Gasteiger partial charge in [0.2, 0.25) is 0 Å². The third-order valence-electron chi connectivity index (χ3n) is 3.59. The second-order valence-electron chi connectivity index (χ2n) is 5.78. The molecule has 0 saturated heterocycles. The lowest BCUT2D eigenvalue weighted by molar-refractivity contribution is -0.142. The zero-order chi connectivity index (χ0) is 21.6. The Morgan fingerprint density at radius 3 is 2.52 bits per heavy atom. The van der Waals surface area contributed by atoms with Crippen molar-refractivity contribution in [3.05, 3.63) is 45.7 Å². The molecule has 0 atom stereocenters. The Balaban J connectivity index is 2.03. The standard InChI is InChI=1S/C19H20N2O7S/c1-4-26-19(25)15-11(3)16(17(20)24)29-18(15)21-13(22)9-27-14(23)8-7-12-6-5-10(2)28-12/h5-8H,4,9H2,1-3H3,(H2,20,24)(H,21,22). The third kappa shape index (κ3) is 5.79. The predicted molar refractivity (Wildman–Crippen MR) is 106 cm³/mol. The highest BCUT2D eigenvalue weighted by Gasteiger charge is 2.25. The quantitative estimate of drug-likeness (QED) is 0.494. The second-order valence-corrected chi connectivity index (χ2v) is 6.80. The van der Waals surface area contributed by atoms with Crippen molar-refractivity contribution in [3.8, 4) is 0 Å². The van der Waals surface area contributed by atoms with E-state index in [0.29, 0.717) is 17.1 Å². The smallest absolute Gasteiger partial charge is 0.341 e. The number of hydrogen-bond donors (Lipinski definition) is 2. The number of amides is 2.